The number of hydrogen-bond acceptors (Lipinski definition) is 7. The van der Waals surface area contributed by atoms with Crippen LogP contribution in [-0.4, -0.2) is 50.2 Å². The summed E-state index contributed by atoms with van der Waals surface area (Å²) in [4.78, 5) is 24.4. The van der Waals surface area contributed by atoms with Crippen LogP contribution in [0.15, 0.2) is 27.4 Å². The predicted octanol–water partition coefficient (Wildman–Crippen LogP) is 0.317. The number of nitrogens with one attached hydrogen (secondary N) is 1. The van der Waals surface area contributed by atoms with E-state index in [1.165, 1.54) is 7.11 Å². The average Bonchev–Trinajstić information content (AvgIpc) is 2.85. The lowest BCUT2D eigenvalue weighted by atomic mass is 10.0. The molecule has 0 spiro atoms. The molecular weight excluding hydrogens is 374 g/mol. The van der Waals surface area contributed by atoms with E-state index in [1.807, 2.05) is 0 Å². The Balaban J connectivity index is 1.73. The number of rotatable bonds is 5. The van der Waals surface area contributed by atoms with Crippen molar-refractivity contribution in [2.45, 2.75) is 31.9 Å². The number of sulfone groups is 1. The first kappa shape index (κ1) is 19.4. The maximum absolute atomic E-state index is 12.3. The van der Waals surface area contributed by atoms with Gasteiger partial charge in [0, 0.05) is 23.4 Å². The number of aliphatic hydroxyl groups excluding tert-OH is 1. The average molecular weight is 395 g/mol. The van der Waals surface area contributed by atoms with Crippen molar-refractivity contribution in [1.29, 1.82) is 0 Å². The number of fused-ring (bicyclic) bond motifs is 1. The predicted molar refractivity (Wildman–Crippen MR) is 98.7 cm³/mol. The Kier molecular flexibility index (Phi) is 5.25. The van der Waals surface area contributed by atoms with Crippen LogP contribution in [0.3, 0.4) is 0 Å². The van der Waals surface area contributed by atoms with Crippen LogP contribution in [0.1, 0.15) is 17.5 Å². The van der Waals surface area contributed by atoms with E-state index >= 15 is 0 Å². The van der Waals surface area contributed by atoms with Crippen LogP contribution in [0.2, 0.25) is 0 Å². The van der Waals surface area contributed by atoms with Gasteiger partial charge in [0.05, 0.1) is 30.8 Å². The second-order valence-corrected chi connectivity index (χ2v) is 8.83. The van der Waals surface area contributed by atoms with E-state index in [9.17, 15) is 23.1 Å². The lowest BCUT2D eigenvalue weighted by Crippen LogP contribution is -2.42. The first-order valence-corrected chi connectivity index (χ1v) is 10.3. The largest absolute Gasteiger partial charge is 0.497 e. The molecule has 1 aliphatic heterocycles. The van der Waals surface area contributed by atoms with Gasteiger partial charge in [-0.15, -0.1) is 0 Å². The Labute approximate surface area is 156 Å². The fourth-order valence-electron chi connectivity index (χ4n) is 3.27. The Bertz CT molecular complexity index is 1040. The molecule has 9 heteroatoms. The molecule has 2 N–H and O–H groups in total. The third-order valence-corrected chi connectivity index (χ3v) is 6.48. The van der Waals surface area contributed by atoms with Gasteiger partial charge in [-0.25, -0.2) is 13.2 Å². The maximum atomic E-state index is 12.3. The standard InChI is InChI=1S/C18H21NO7S/c1-10-12-4-3-11(25-2)7-16(12)26-18(22)13(10)5-6-17(21)19-14-8-27(23,24)9-15(14)20/h3-4,7,14-15,20H,5-6,8-9H2,1-2H3,(H,19,21). The number of aryl methyl sites for hydroxylation is 1. The zero-order valence-electron chi connectivity index (χ0n) is 15.0. The van der Waals surface area contributed by atoms with E-state index in [4.69, 9.17) is 9.15 Å². The molecular formula is C18H21NO7S. The number of carbonyl (C=O) groups is 1. The summed E-state index contributed by atoms with van der Waals surface area (Å²) in [5.41, 5.74) is 0.997. The van der Waals surface area contributed by atoms with E-state index in [1.54, 1.807) is 25.1 Å². The summed E-state index contributed by atoms with van der Waals surface area (Å²) in [7, 11) is -1.82. The number of benzene rings is 1. The van der Waals surface area contributed by atoms with Gasteiger partial charge >= 0.3 is 5.63 Å². The van der Waals surface area contributed by atoms with Crippen LogP contribution < -0.4 is 15.7 Å². The molecule has 27 heavy (non-hydrogen) atoms. The summed E-state index contributed by atoms with van der Waals surface area (Å²) in [6.07, 6.45) is -0.977. The number of amides is 1. The number of carbonyl (C=O) groups excluding carboxylic acids is 1. The monoisotopic (exact) mass is 395 g/mol. The molecule has 1 aromatic heterocycles. The summed E-state index contributed by atoms with van der Waals surface area (Å²) >= 11 is 0. The topological polar surface area (TPSA) is 123 Å². The normalized spacial score (nSPS) is 21.3. The zero-order chi connectivity index (χ0) is 19.8. The van der Waals surface area contributed by atoms with E-state index < -0.39 is 33.5 Å². The van der Waals surface area contributed by atoms with Crippen molar-refractivity contribution in [3.63, 3.8) is 0 Å². The van der Waals surface area contributed by atoms with Crippen molar-refractivity contribution in [3.8, 4) is 5.75 Å². The highest BCUT2D eigenvalue weighted by molar-refractivity contribution is 7.91. The second kappa shape index (κ2) is 7.32. The van der Waals surface area contributed by atoms with Gasteiger partial charge in [0.25, 0.3) is 0 Å². The first-order valence-electron chi connectivity index (χ1n) is 8.48. The number of hydrogen-bond donors (Lipinski definition) is 2. The molecule has 2 heterocycles. The molecule has 0 bridgehead atoms. The van der Waals surface area contributed by atoms with Crippen LogP contribution in [0, 0.1) is 6.92 Å². The second-order valence-electron chi connectivity index (χ2n) is 6.67. The Morgan fingerprint density at radius 1 is 1.37 bits per heavy atom. The minimum Gasteiger partial charge on any atom is -0.497 e. The van der Waals surface area contributed by atoms with Gasteiger partial charge in [0.2, 0.25) is 5.91 Å². The van der Waals surface area contributed by atoms with E-state index in [0.717, 1.165) is 10.9 Å². The molecule has 2 atom stereocenters. The molecule has 3 rings (SSSR count). The minimum atomic E-state index is -3.34. The van der Waals surface area contributed by atoms with Crippen molar-refractivity contribution in [1.82, 2.24) is 5.32 Å². The van der Waals surface area contributed by atoms with E-state index in [0.29, 0.717) is 16.9 Å². The summed E-state index contributed by atoms with van der Waals surface area (Å²) in [5.74, 6) is -0.486. The van der Waals surface area contributed by atoms with Crippen molar-refractivity contribution in [2.75, 3.05) is 18.6 Å². The fraction of sp³-hybridized carbons (Fsp3) is 0.444. The van der Waals surface area contributed by atoms with Gasteiger partial charge in [-0.05, 0) is 31.0 Å². The summed E-state index contributed by atoms with van der Waals surface area (Å²) in [5, 5.41) is 13.0. The highest BCUT2D eigenvalue weighted by Gasteiger charge is 2.37. The van der Waals surface area contributed by atoms with Gasteiger partial charge in [-0.1, -0.05) is 0 Å². The van der Waals surface area contributed by atoms with Crippen molar-refractivity contribution >= 4 is 26.7 Å². The smallest absolute Gasteiger partial charge is 0.339 e. The van der Waals surface area contributed by atoms with Crippen molar-refractivity contribution in [3.05, 3.63) is 39.7 Å². The molecule has 2 unspecified atom stereocenters. The third-order valence-electron chi connectivity index (χ3n) is 4.77. The Morgan fingerprint density at radius 2 is 2.11 bits per heavy atom. The molecule has 146 valence electrons. The molecule has 0 aliphatic carbocycles. The van der Waals surface area contributed by atoms with Crippen LogP contribution in [0.4, 0.5) is 0 Å². The lowest BCUT2D eigenvalue weighted by Gasteiger charge is -2.15. The van der Waals surface area contributed by atoms with Gasteiger partial charge < -0.3 is 19.6 Å². The minimum absolute atomic E-state index is 0.0173. The lowest BCUT2D eigenvalue weighted by molar-refractivity contribution is -0.122. The molecule has 2 aromatic rings. The van der Waals surface area contributed by atoms with Gasteiger partial charge in [0.1, 0.15) is 11.3 Å². The van der Waals surface area contributed by atoms with E-state index in [2.05, 4.69) is 5.32 Å². The highest BCUT2D eigenvalue weighted by Crippen LogP contribution is 2.24. The number of aliphatic hydroxyl groups is 1. The van der Waals surface area contributed by atoms with Crippen LogP contribution in [-0.2, 0) is 21.1 Å². The van der Waals surface area contributed by atoms with Crippen molar-refractivity contribution in [2.24, 2.45) is 0 Å². The molecule has 1 aliphatic rings. The van der Waals surface area contributed by atoms with Gasteiger partial charge in [0.15, 0.2) is 9.84 Å². The zero-order valence-corrected chi connectivity index (χ0v) is 15.8. The van der Waals surface area contributed by atoms with Crippen LogP contribution >= 0.6 is 0 Å². The van der Waals surface area contributed by atoms with Gasteiger partial charge in [-0.3, -0.25) is 4.79 Å². The van der Waals surface area contributed by atoms with E-state index in [-0.39, 0.29) is 24.3 Å². The summed E-state index contributed by atoms with van der Waals surface area (Å²) < 4.78 is 33.5. The molecule has 1 saturated heterocycles. The molecule has 8 nitrogen and oxygen atoms in total. The Hall–Kier alpha value is -2.39. The van der Waals surface area contributed by atoms with Crippen LogP contribution in [0.5, 0.6) is 5.75 Å². The first-order chi connectivity index (χ1) is 12.7. The molecule has 1 fully saturated rings. The number of methoxy groups -OCH3 is 1. The SMILES string of the molecule is COc1ccc2c(C)c(CCC(=O)NC3CS(=O)(=O)CC3O)c(=O)oc2c1. The number of ether oxygens (including phenoxy) is 1. The van der Waals surface area contributed by atoms with Crippen molar-refractivity contribution < 1.29 is 27.5 Å². The molecule has 0 saturated carbocycles. The molecule has 1 aromatic carbocycles. The summed E-state index contributed by atoms with van der Waals surface area (Å²) in [6.45, 7) is 1.78. The quantitative estimate of drug-likeness (QED) is 0.699. The van der Waals surface area contributed by atoms with Crippen LogP contribution in [0.25, 0.3) is 11.0 Å². The fourth-order valence-corrected chi connectivity index (χ4v) is 5.02. The maximum Gasteiger partial charge on any atom is 0.339 e. The third kappa shape index (κ3) is 4.14. The van der Waals surface area contributed by atoms with Gasteiger partial charge in [-0.2, -0.15) is 0 Å². The molecule has 1 amide bonds. The highest BCUT2D eigenvalue weighted by atomic mass is 32.2. The summed E-state index contributed by atoms with van der Waals surface area (Å²) in [6, 6.07) is 4.36. The molecule has 0 radical (unpaired) electrons. The Morgan fingerprint density at radius 3 is 2.74 bits per heavy atom.